The van der Waals surface area contributed by atoms with Crippen molar-refractivity contribution >= 4 is 33.0 Å². The number of halogens is 1. The number of carbonyl (C=O) groups excluding carboxylic acids is 1. The summed E-state index contributed by atoms with van der Waals surface area (Å²) in [6.45, 7) is 3.56. The first-order chi connectivity index (χ1) is 14.1. The Labute approximate surface area is 179 Å². The molecule has 1 unspecified atom stereocenters. The number of carbonyl (C=O) groups is 1. The lowest BCUT2D eigenvalue weighted by molar-refractivity contribution is 0.0943. The van der Waals surface area contributed by atoms with E-state index in [1.165, 1.54) is 23.5 Å². The molecule has 0 aliphatic carbocycles. The van der Waals surface area contributed by atoms with Gasteiger partial charge in [0.1, 0.15) is 10.7 Å². The van der Waals surface area contributed by atoms with Crippen molar-refractivity contribution in [2.24, 2.45) is 0 Å². The zero-order valence-electron chi connectivity index (χ0n) is 16.8. The first-order valence-corrected chi connectivity index (χ1v) is 11.9. The molecule has 1 aromatic heterocycles. The van der Waals surface area contributed by atoms with Crippen LogP contribution in [0.1, 0.15) is 44.5 Å². The molecule has 2 aromatic carbocycles. The first-order valence-electron chi connectivity index (χ1n) is 9.20. The van der Waals surface area contributed by atoms with Crippen LogP contribution < -0.4 is 10.0 Å². The summed E-state index contributed by atoms with van der Waals surface area (Å²) in [7, 11) is -3.44. The van der Waals surface area contributed by atoms with Crippen LogP contribution in [0.3, 0.4) is 0 Å². The van der Waals surface area contributed by atoms with Gasteiger partial charge in [-0.1, -0.05) is 30.3 Å². The number of hydrogen-bond donors (Lipinski definition) is 2. The monoisotopic (exact) mass is 447 g/mol. The average Bonchev–Trinajstić information content (AvgIpc) is 3.03. The lowest BCUT2D eigenvalue weighted by atomic mass is 10.1. The van der Waals surface area contributed by atoms with Crippen LogP contribution in [0.15, 0.2) is 48.5 Å². The predicted octanol–water partition coefficient (Wildman–Crippen LogP) is 4.04. The molecule has 9 heteroatoms. The lowest BCUT2D eigenvalue weighted by Crippen LogP contribution is -2.27. The van der Waals surface area contributed by atoms with Crippen molar-refractivity contribution in [1.29, 1.82) is 0 Å². The Morgan fingerprint density at radius 3 is 2.50 bits per heavy atom. The fourth-order valence-corrected chi connectivity index (χ4v) is 4.61. The molecule has 1 heterocycles. The van der Waals surface area contributed by atoms with Gasteiger partial charge in [-0.05, 0) is 43.2 Å². The number of hydrogen-bond acceptors (Lipinski definition) is 5. The number of thiazole rings is 1. The SMILES string of the molecule is Cc1nc(Cc2ccc(F)cc2)sc1C(=O)NC(C)c1ccccc1NS(C)(=O)=O. The van der Waals surface area contributed by atoms with Crippen LogP contribution in [-0.4, -0.2) is 25.6 Å². The third-order valence-corrected chi connectivity index (χ3v) is 6.13. The number of benzene rings is 2. The number of nitrogens with zero attached hydrogens (tertiary/aromatic N) is 1. The van der Waals surface area contributed by atoms with E-state index >= 15 is 0 Å². The number of anilines is 1. The summed E-state index contributed by atoms with van der Waals surface area (Å²) in [6, 6.07) is 12.7. The summed E-state index contributed by atoms with van der Waals surface area (Å²) in [4.78, 5) is 17.8. The quantitative estimate of drug-likeness (QED) is 0.572. The topological polar surface area (TPSA) is 88.2 Å². The second-order valence-corrected chi connectivity index (χ2v) is 9.81. The Hall–Kier alpha value is -2.78. The summed E-state index contributed by atoms with van der Waals surface area (Å²) in [5.74, 6) is -0.578. The van der Waals surface area contributed by atoms with Crippen LogP contribution in [0.5, 0.6) is 0 Å². The van der Waals surface area contributed by atoms with E-state index in [9.17, 15) is 17.6 Å². The minimum Gasteiger partial charge on any atom is -0.345 e. The molecule has 0 aliphatic rings. The van der Waals surface area contributed by atoms with E-state index in [4.69, 9.17) is 0 Å². The van der Waals surface area contributed by atoms with Gasteiger partial charge in [0.2, 0.25) is 10.0 Å². The van der Waals surface area contributed by atoms with Gasteiger partial charge in [-0.25, -0.2) is 17.8 Å². The second-order valence-electron chi connectivity index (χ2n) is 6.98. The number of nitrogens with one attached hydrogen (secondary N) is 2. The molecule has 1 amide bonds. The Balaban J connectivity index is 1.75. The summed E-state index contributed by atoms with van der Waals surface area (Å²) >= 11 is 1.29. The molecule has 30 heavy (non-hydrogen) atoms. The maximum Gasteiger partial charge on any atom is 0.263 e. The molecule has 3 aromatic rings. The van der Waals surface area contributed by atoms with Crippen molar-refractivity contribution in [3.05, 3.63) is 81.1 Å². The lowest BCUT2D eigenvalue weighted by Gasteiger charge is -2.18. The van der Waals surface area contributed by atoms with Crippen molar-refractivity contribution in [3.63, 3.8) is 0 Å². The second kappa shape index (κ2) is 8.93. The molecule has 0 fully saturated rings. The van der Waals surface area contributed by atoms with Crippen molar-refractivity contribution < 1.29 is 17.6 Å². The molecular formula is C21H22FN3O3S2. The van der Waals surface area contributed by atoms with E-state index in [1.807, 2.05) is 0 Å². The number of amides is 1. The van der Waals surface area contributed by atoms with Gasteiger partial charge in [-0.2, -0.15) is 0 Å². The van der Waals surface area contributed by atoms with Gasteiger partial charge in [-0.15, -0.1) is 11.3 Å². The number of sulfonamides is 1. The fourth-order valence-electron chi connectivity index (χ4n) is 3.02. The minimum absolute atomic E-state index is 0.281. The largest absolute Gasteiger partial charge is 0.345 e. The Kier molecular flexibility index (Phi) is 6.52. The Bertz CT molecular complexity index is 1160. The van der Waals surface area contributed by atoms with E-state index in [0.717, 1.165) is 16.8 Å². The highest BCUT2D eigenvalue weighted by molar-refractivity contribution is 7.92. The number of para-hydroxylation sites is 1. The molecule has 3 rings (SSSR count). The van der Waals surface area contributed by atoms with E-state index in [-0.39, 0.29) is 11.7 Å². The minimum atomic E-state index is -3.44. The van der Waals surface area contributed by atoms with Crippen LogP contribution in [0.4, 0.5) is 10.1 Å². The number of aryl methyl sites for hydroxylation is 1. The van der Waals surface area contributed by atoms with Crippen molar-refractivity contribution in [2.75, 3.05) is 11.0 Å². The van der Waals surface area contributed by atoms with Crippen LogP contribution in [0.2, 0.25) is 0 Å². The maximum absolute atomic E-state index is 13.1. The third kappa shape index (κ3) is 5.64. The maximum atomic E-state index is 13.1. The van der Waals surface area contributed by atoms with E-state index in [1.54, 1.807) is 50.2 Å². The third-order valence-electron chi connectivity index (χ3n) is 4.39. The first kappa shape index (κ1) is 21.9. The molecule has 0 saturated heterocycles. The van der Waals surface area contributed by atoms with E-state index < -0.39 is 16.1 Å². The smallest absolute Gasteiger partial charge is 0.263 e. The van der Waals surface area contributed by atoms with E-state index in [0.29, 0.717) is 28.2 Å². The van der Waals surface area contributed by atoms with Gasteiger partial charge < -0.3 is 5.32 Å². The summed E-state index contributed by atoms with van der Waals surface area (Å²) in [6.07, 6.45) is 1.59. The molecular weight excluding hydrogens is 425 g/mol. The van der Waals surface area contributed by atoms with Gasteiger partial charge >= 0.3 is 0 Å². The van der Waals surface area contributed by atoms with Crippen LogP contribution >= 0.6 is 11.3 Å². The number of aromatic nitrogens is 1. The Morgan fingerprint density at radius 1 is 1.17 bits per heavy atom. The molecule has 1 atom stereocenters. The van der Waals surface area contributed by atoms with Crippen molar-refractivity contribution in [3.8, 4) is 0 Å². The van der Waals surface area contributed by atoms with Crippen LogP contribution in [0, 0.1) is 12.7 Å². The molecule has 0 spiro atoms. The zero-order chi connectivity index (χ0) is 21.9. The number of rotatable bonds is 7. The van der Waals surface area contributed by atoms with Gasteiger partial charge in [0.15, 0.2) is 0 Å². The molecule has 2 N–H and O–H groups in total. The molecule has 158 valence electrons. The molecule has 0 aliphatic heterocycles. The summed E-state index contributed by atoms with van der Waals surface area (Å²) in [5.41, 5.74) is 2.60. The average molecular weight is 448 g/mol. The normalized spacial score (nSPS) is 12.4. The predicted molar refractivity (Wildman–Crippen MR) is 117 cm³/mol. The zero-order valence-corrected chi connectivity index (χ0v) is 18.4. The molecule has 0 bridgehead atoms. The van der Waals surface area contributed by atoms with Gasteiger partial charge in [0, 0.05) is 6.42 Å². The molecule has 6 nitrogen and oxygen atoms in total. The van der Waals surface area contributed by atoms with Crippen LogP contribution in [0.25, 0.3) is 0 Å². The molecule has 0 saturated carbocycles. The van der Waals surface area contributed by atoms with E-state index in [2.05, 4.69) is 15.0 Å². The van der Waals surface area contributed by atoms with Gasteiger partial charge in [-0.3, -0.25) is 9.52 Å². The van der Waals surface area contributed by atoms with Gasteiger partial charge in [0.05, 0.1) is 28.7 Å². The Morgan fingerprint density at radius 2 is 1.83 bits per heavy atom. The highest BCUT2D eigenvalue weighted by atomic mass is 32.2. The standard InChI is InChI=1S/C21H22FN3O3S2/c1-13(17-6-4-5-7-18(17)25-30(3,27)28)24-21(26)20-14(2)23-19(29-20)12-15-8-10-16(22)11-9-15/h4-11,13,25H,12H2,1-3H3,(H,24,26). The molecule has 0 radical (unpaired) electrons. The summed E-state index contributed by atoms with van der Waals surface area (Å²) < 4.78 is 38.8. The van der Waals surface area contributed by atoms with Crippen LogP contribution in [-0.2, 0) is 16.4 Å². The van der Waals surface area contributed by atoms with Crippen molar-refractivity contribution in [2.45, 2.75) is 26.3 Å². The fraction of sp³-hybridized carbons (Fsp3) is 0.238. The highest BCUT2D eigenvalue weighted by Gasteiger charge is 2.20. The van der Waals surface area contributed by atoms with Crippen molar-refractivity contribution in [1.82, 2.24) is 10.3 Å². The highest BCUT2D eigenvalue weighted by Crippen LogP contribution is 2.26. The summed E-state index contributed by atoms with van der Waals surface area (Å²) in [5, 5.41) is 3.67. The van der Waals surface area contributed by atoms with Gasteiger partial charge in [0.25, 0.3) is 5.91 Å².